The standard InChI is InChI=1S/C31H30BrClN2O5/c1-2-38-31(37)27(18-36)35-17-24-14-26(33)29(15-28(24)39-19-21-8-7-13-34-16-21)40-20-23-11-6-12-25(30(23)32)22-9-4-3-5-10-22/h3-16,27,35-36H,2,17-20H2,1H3/t27-/m1/s1. The molecule has 9 heteroatoms. The van der Waals surface area contributed by atoms with Crippen LogP contribution >= 0.6 is 27.5 Å². The largest absolute Gasteiger partial charge is 0.488 e. The Hall–Kier alpha value is -3.43. The second kappa shape index (κ2) is 14.8. The van der Waals surface area contributed by atoms with Crippen LogP contribution in [0, 0.1) is 0 Å². The highest BCUT2D eigenvalue weighted by Gasteiger charge is 2.20. The summed E-state index contributed by atoms with van der Waals surface area (Å²) in [6.45, 7) is 2.28. The number of benzene rings is 3. The van der Waals surface area contributed by atoms with Gasteiger partial charge in [0.25, 0.3) is 0 Å². The summed E-state index contributed by atoms with van der Waals surface area (Å²) in [5.74, 6) is 0.443. The van der Waals surface area contributed by atoms with E-state index in [4.69, 9.17) is 25.8 Å². The Morgan fingerprint density at radius 1 is 1.00 bits per heavy atom. The van der Waals surface area contributed by atoms with Crippen molar-refractivity contribution in [1.29, 1.82) is 0 Å². The van der Waals surface area contributed by atoms with Gasteiger partial charge in [-0.2, -0.15) is 0 Å². The molecule has 0 aliphatic carbocycles. The van der Waals surface area contributed by atoms with Crippen molar-refractivity contribution in [3.8, 4) is 22.6 Å². The minimum absolute atomic E-state index is 0.205. The maximum Gasteiger partial charge on any atom is 0.325 e. The summed E-state index contributed by atoms with van der Waals surface area (Å²) in [4.78, 5) is 16.3. The smallest absolute Gasteiger partial charge is 0.325 e. The molecule has 0 radical (unpaired) electrons. The SMILES string of the molecule is CCOC(=O)[C@@H](CO)NCc1cc(Cl)c(OCc2cccc(-c3ccccc3)c2Br)cc1OCc1cccnc1. The molecule has 2 N–H and O–H groups in total. The van der Waals surface area contributed by atoms with Crippen molar-refractivity contribution in [2.45, 2.75) is 32.7 Å². The van der Waals surface area contributed by atoms with E-state index in [2.05, 4.69) is 44.4 Å². The molecule has 4 aromatic rings. The van der Waals surface area contributed by atoms with E-state index in [1.807, 2.05) is 42.5 Å². The summed E-state index contributed by atoms with van der Waals surface area (Å²) >= 11 is 10.4. The quantitative estimate of drug-likeness (QED) is 0.168. The fourth-order valence-corrected chi connectivity index (χ4v) is 4.84. The van der Waals surface area contributed by atoms with Gasteiger partial charge >= 0.3 is 5.97 Å². The molecule has 0 unspecified atom stereocenters. The van der Waals surface area contributed by atoms with Crippen LogP contribution in [0.2, 0.25) is 5.02 Å². The molecule has 0 saturated carbocycles. The van der Waals surface area contributed by atoms with Crippen molar-refractivity contribution in [3.05, 3.63) is 111 Å². The van der Waals surface area contributed by atoms with Crippen LogP contribution in [0.5, 0.6) is 11.5 Å². The van der Waals surface area contributed by atoms with Crippen LogP contribution in [0.15, 0.2) is 89.7 Å². The van der Waals surface area contributed by atoms with Gasteiger partial charge in [0, 0.05) is 46.2 Å². The Balaban J connectivity index is 1.55. The number of hydrogen-bond donors (Lipinski definition) is 2. The fourth-order valence-electron chi connectivity index (χ4n) is 3.99. The van der Waals surface area contributed by atoms with Gasteiger partial charge in [-0.15, -0.1) is 0 Å². The lowest BCUT2D eigenvalue weighted by atomic mass is 10.0. The molecule has 40 heavy (non-hydrogen) atoms. The normalized spacial score (nSPS) is 11.6. The zero-order chi connectivity index (χ0) is 28.3. The minimum Gasteiger partial charge on any atom is -0.488 e. The number of aromatic nitrogens is 1. The van der Waals surface area contributed by atoms with E-state index < -0.39 is 18.6 Å². The van der Waals surface area contributed by atoms with Crippen LogP contribution in [0.4, 0.5) is 0 Å². The number of aliphatic hydroxyl groups excluding tert-OH is 1. The Morgan fingerprint density at radius 3 is 2.52 bits per heavy atom. The highest BCUT2D eigenvalue weighted by molar-refractivity contribution is 9.10. The number of carbonyl (C=O) groups excluding carboxylic acids is 1. The van der Waals surface area contributed by atoms with Crippen molar-refractivity contribution in [1.82, 2.24) is 10.3 Å². The summed E-state index contributed by atoms with van der Waals surface area (Å²) in [5, 5.41) is 13.1. The first kappa shape index (κ1) is 29.6. The van der Waals surface area contributed by atoms with Crippen LogP contribution in [-0.4, -0.2) is 35.3 Å². The lowest BCUT2D eigenvalue weighted by Gasteiger charge is -2.19. The first-order valence-electron chi connectivity index (χ1n) is 12.8. The fraction of sp³-hybridized carbons (Fsp3) is 0.226. The van der Waals surface area contributed by atoms with Crippen molar-refractivity contribution in [2.75, 3.05) is 13.2 Å². The zero-order valence-corrected chi connectivity index (χ0v) is 24.3. The number of nitrogens with one attached hydrogen (secondary N) is 1. The molecule has 4 rings (SSSR count). The molecular formula is C31H30BrClN2O5. The van der Waals surface area contributed by atoms with E-state index in [1.54, 1.807) is 31.5 Å². The van der Waals surface area contributed by atoms with Gasteiger partial charge < -0.3 is 19.3 Å². The zero-order valence-electron chi connectivity index (χ0n) is 22.0. The topological polar surface area (TPSA) is 89.9 Å². The Labute approximate surface area is 247 Å². The van der Waals surface area contributed by atoms with Crippen molar-refractivity contribution >= 4 is 33.5 Å². The molecule has 3 aromatic carbocycles. The average molecular weight is 626 g/mol. The van der Waals surface area contributed by atoms with Crippen molar-refractivity contribution in [3.63, 3.8) is 0 Å². The van der Waals surface area contributed by atoms with Gasteiger partial charge in [0.2, 0.25) is 0 Å². The van der Waals surface area contributed by atoms with E-state index in [0.29, 0.717) is 22.1 Å². The molecule has 1 heterocycles. The minimum atomic E-state index is -0.880. The van der Waals surface area contributed by atoms with Gasteiger partial charge in [-0.3, -0.25) is 15.1 Å². The van der Waals surface area contributed by atoms with Gasteiger partial charge in [0.15, 0.2) is 0 Å². The second-order valence-electron chi connectivity index (χ2n) is 8.84. The van der Waals surface area contributed by atoms with E-state index >= 15 is 0 Å². The number of aliphatic hydroxyl groups is 1. The maximum absolute atomic E-state index is 12.1. The van der Waals surface area contributed by atoms with E-state index in [1.165, 1.54) is 0 Å². The van der Waals surface area contributed by atoms with Crippen LogP contribution in [0.25, 0.3) is 11.1 Å². The molecule has 1 aromatic heterocycles. The van der Waals surface area contributed by atoms with Crippen LogP contribution in [0.3, 0.4) is 0 Å². The Morgan fingerprint density at radius 2 is 1.80 bits per heavy atom. The molecular weight excluding hydrogens is 596 g/mol. The lowest BCUT2D eigenvalue weighted by molar-refractivity contribution is -0.146. The highest BCUT2D eigenvalue weighted by atomic mass is 79.9. The molecule has 0 aliphatic rings. The average Bonchev–Trinajstić information content (AvgIpc) is 2.98. The number of halogens is 2. The number of carbonyl (C=O) groups is 1. The first-order chi connectivity index (χ1) is 19.5. The molecule has 0 bridgehead atoms. The number of nitrogens with zero attached hydrogens (tertiary/aromatic N) is 1. The number of rotatable bonds is 13. The van der Waals surface area contributed by atoms with Crippen molar-refractivity contribution < 1.29 is 24.1 Å². The predicted molar refractivity (Wildman–Crippen MR) is 158 cm³/mol. The van der Waals surface area contributed by atoms with Gasteiger partial charge in [-0.05, 0) is 46.1 Å². The van der Waals surface area contributed by atoms with E-state index in [-0.39, 0.29) is 26.4 Å². The summed E-state index contributed by atoms with van der Waals surface area (Å²) in [7, 11) is 0. The second-order valence-corrected chi connectivity index (χ2v) is 10.0. The highest BCUT2D eigenvalue weighted by Crippen LogP contribution is 2.36. The molecule has 0 saturated heterocycles. The monoisotopic (exact) mass is 624 g/mol. The third kappa shape index (κ3) is 7.82. The lowest BCUT2D eigenvalue weighted by Crippen LogP contribution is -2.40. The molecule has 208 valence electrons. The van der Waals surface area contributed by atoms with Gasteiger partial charge in [0.1, 0.15) is 30.8 Å². The molecule has 0 spiro atoms. The number of ether oxygens (including phenoxy) is 3. The van der Waals surface area contributed by atoms with E-state index in [9.17, 15) is 9.90 Å². The molecule has 0 aliphatic heterocycles. The maximum atomic E-state index is 12.1. The summed E-state index contributed by atoms with van der Waals surface area (Å²) in [6.07, 6.45) is 3.42. The number of esters is 1. The summed E-state index contributed by atoms with van der Waals surface area (Å²) in [5.41, 5.74) is 4.70. The molecule has 0 fully saturated rings. The molecule has 1 atom stereocenters. The number of pyridine rings is 1. The first-order valence-corrected chi connectivity index (χ1v) is 14.0. The Kier molecular flexibility index (Phi) is 10.9. The predicted octanol–water partition coefficient (Wildman–Crippen LogP) is 6.34. The third-order valence-corrected chi connectivity index (χ3v) is 7.30. The van der Waals surface area contributed by atoms with Crippen LogP contribution in [-0.2, 0) is 29.3 Å². The molecule has 7 nitrogen and oxygen atoms in total. The van der Waals surface area contributed by atoms with E-state index in [0.717, 1.165) is 26.7 Å². The van der Waals surface area contributed by atoms with Gasteiger partial charge in [-0.25, -0.2) is 0 Å². The summed E-state index contributed by atoms with van der Waals surface area (Å²) in [6, 6.07) is 22.5. The Bertz CT molecular complexity index is 1410. The van der Waals surface area contributed by atoms with Gasteiger partial charge in [0.05, 0.1) is 18.2 Å². The molecule has 0 amide bonds. The van der Waals surface area contributed by atoms with Crippen LogP contribution < -0.4 is 14.8 Å². The third-order valence-electron chi connectivity index (χ3n) is 6.07. The number of hydrogen-bond acceptors (Lipinski definition) is 7. The van der Waals surface area contributed by atoms with Crippen LogP contribution in [0.1, 0.15) is 23.6 Å². The summed E-state index contributed by atoms with van der Waals surface area (Å²) < 4.78 is 18.3. The van der Waals surface area contributed by atoms with Gasteiger partial charge in [-0.1, -0.05) is 66.2 Å². The van der Waals surface area contributed by atoms with Crippen molar-refractivity contribution in [2.24, 2.45) is 0 Å².